The van der Waals surface area contributed by atoms with Crippen LogP contribution in [0.25, 0.3) is 0 Å². The van der Waals surface area contributed by atoms with Gasteiger partial charge in [0.05, 0.1) is 48.7 Å². The molecule has 1 atom stereocenters. The number of ether oxygens (including phenoxy) is 2. The van der Waals surface area contributed by atoms with Gasteiger partial charge in [-0.15, -0.1) is 5.10 Å². The number of alkyl halides is 9. The van der Waals surface area contributed by atoms with E-state index in [4.69, 9.17) is 9.47 Å². The standard InChI is InChI=1S/C35H33F9N6O3/c1-20-14-26-29(8-5-11-49(30(26)19-27(20)35(42,43)44)32(51)53-25-9-12-52-13-10-25)50(31-45-47-48(2)46-31)28-7-4-3-6-22(28)15-21-16-23(33(36,37)38)18-24(17-21)34(39,40)41/h3-4,6-7,14,16-19,25,29H,5,8-13,15H2,1-2H3. The maximum absolute atomic E-state index is 14.3. The van der Waals surface area contributed by atoms with Gasteiger partial charge in [0, 0.05) is 25.1 Å². The number of nitrogens with zero attached hydrogens (tertiary/aromatic N) is 6. The lowest BCUT2D eigenvalue weighted by molar-refractivity contribution is -0.143. The van der Waals surface area contributed by atoms with Crippen molar-refractivity contribution in [1.82, 2.24) is 20.2 Å². The molecule has 0 N–H and O–H groups in total. The maximum Gasteiger partial charge on any atom is 0.416 e. The molecule has 1 saturated heterocycles. The summed E-state index contributed by atoms with van der Waals surface area (Å²) in [5.41, 5.74) is -3.68. The summed E-state index contributed by atoms with van der Waals surface area (Å²) >= 11 is 0. The zero-order chi connectivity index (χ0) is 38.3. The molecule has 53 heavy (non-hydrogen) atoms. The van der Waals surface area contributed by atoms with Gasteiger partial charge < -0.3 is 14.4 Å². The second-order valence-electron chi connectivity index (χ2n) is 12.9. The number of benzene rings is 3. The van der Waals surface area contributed by atoms with E-state index >= 15 is 0 Å². The van der Waals surface area contributed by atoms with Crippen LogP contribution < -0.4 is 9.80 Å². The highest BCUT2D eigenvalue weighted by Crippen LogP contribution is 2.47. The van der Waals surface area contributed by atoms with Crippen LogP contribution in [0.15, 0.2) is 54.6 Å². The Hall–Kier alpha value is -4.87. The van der Waals surface area contributed by atoms with Crippen molar-refractivity contribution in [1.29, 1.82) is 0 Å². The molecule has 2 aliphatic heterocycles. The van der Waals surface area contributed by atoms with E-state index in [1.54, 1.807) is 23.1 Å². The summed E-state index contributed by atoms with van der Waals surface area (Å²) in [4.78, 5) is 17.5. The molecule has 6 rings (SSSR count). The summed E-state index contributed by atoms with van der Waals surface area (Å²) in [6.07, 6.45) is -15.4. The molecule has 2 aliphatic rings. The van der Waals surface area contributed by atoms with Gasteiger partial charge in [-0.3, -0.25) is 4.90 Å². The van der Waals surface area contributed by atoms with E-state index in [-0.39, 0.29) is 65.0 Å². The number of carbonyl (C=O) groups excluding carboxylic acids is 1. The van der Waals surface area contributed by atoms with E-state index in [1.807, 2.05) is 0 Å². The predicted molar refractivity (Wildman–Crippen MR) is 172 cm³/mol. The maximum atomic E-state index is 14.3. The minimum atomic E-state index is -5.07. The Morgan fingerprint density at radius 1 is 0.906 bits per heavy atom. The summed E-state index contributed by atoms with van der Waals surface area (Å²) in [6.45, 7) is 1.96. The van der Waals surface area contributed by atoms with Gasteiger partial charge in [0.15, 0.2) is 0 Å². The van der Waals surface area contributed by atoms with Crippen LogP contribution in [0.5, 0.6) is 0 Å². The Kier molecular flexibility index (Phi) is 10.4. The van der Waals surface area contributed by atoms with Crippen molar-refractivity contribution in [2.45, 2.75) is 69.7 Å². The molecule has 3 aromatic carbocycles. The third-order valence-electron chi connectivity index (χ3n) is 9.16. The van der Waals surface area contributed by atoms with Crippen LogP contribution in [0.2, 0.25) is 0 Å². The number of halogens is 9. The average molecular weight is 757 g/mol. The molecule has 0 spiro atoms. The number of fused-ring (bicyclic) bond motifs is 1. The molecule has 1 fully saturated rings. The largest absolute Gasteiger partial charge is 0.446 e. The fourth-order valence-corrected chi connectivity index (χ4v) is 6.72. The van der Waals surface area contributed by atoms with E-state index < -0.39 is 59.9 Å². The first-order valence-corrected chi connectivity index (χ1v) is 16.6. The SMILES string of the molecule is Cc1cc2c(cc1C(F)(F)F)N(C(=O)OC1CCOCC1)CCCC2N(c1nnn(C)n1)c1ccccc1Cc1cc(C(F)(F)F)cc(C(F)(F)F)c1. The number of aryl methyl sites for hydroxylation is 2. The second kappa shape index (κ2) is 14.5. The van der Waals surface area contributed by atoms with Crippen molar-refractivity contribution < 1.29 is 53.8 Å². The Labute approximate surface area is 297 Å². The normalized spacial score (nSPS) is 17.3. The zero-order valence-corrected chi connectivity index (χ0v) is 28.3. The smallest absolute Gasteiger partial charge is 0.416 e. The van der Waals surface area contributed by atoms with Gasteiger partial charge in [-0.1, -0.05) is 29.4 Å². The van der Waals surface area contributed by atoms with Crippen LogP contribution in [-0.2, 0) is 41.5 Å². The Morgan fingerprint density at radius 3 is 2.17 bits per heavy atom. The lowest BCUT2D eigenvalue weighted by atomic mass is 9.93. The number of aromatic nitrogens is 4. The van der Waals surface area contributed by atoms with Crippen LogP contribution in [0.3, 0.4) is 0 Å². The zero-order valence-electron chi connectivity index (χ0n) is 28.3. The Morgan fingerprint density at radius 2 is 1.57 bits per heavy atom. The highest BCUT2D eigenvalue weighted by molar-refractivity contribution is 5.90. The minimum absolute atomic E-state index is 0.0280. The number of tetrazole rings is 1. The average Bonchev–Trinajstić information content (AvgIpc) is 3.42. The molecule has 0 bridgehead atoms. The molecule has 1 unspecified atom stereocenters. The van der Waals surface area contributed by atoms with E-state index in [0.717, 1.165) is 15.8 Å². The fraction of sp³-hybridized carbons (Fsp3) is 0.429. The Bertz CT molecular complexity index is 1920. The van der Waals surface area contributed by atoms with Crippen molar-refractivity contribution in [3.63, 3.8) is 0 Å². The van der Waals surface area contributed by atoms with Crippen LogP contribution in [0.4, 0.5) is 61.6 Å². The van der Waals surface area contributed by atoms with Crippen molar-refractivity contribution in [2.24, 2.45) is 7.05 Å². The number of hydrogen-bond acceptors (Lipinski definition) is 7. The van der Waals surface area contributed by atoms with Gasteiger partial charge in [0.1, 0.15) is 6.10 Å². The van der Waals surface area contributed by atoms with Gasteiger partial charge in [-0.2, -0.15) is 44.3 Å². The molecule has 0 aliphatic carbocycles. The monoisotopic (exact) mass is 756 g/mol. The lowest BCUT2D eigenvalue weighted by Gasteiger charge is -2.34. The molecule has 0 radical (unpaired) electrons. The number of para-hydroxylation sites is 1. The molecule has 284 valence electrons. The molecule has 4 aromatic rings. The van der Waals surface area contributed by atoms with Crippen molar-refractivity contribution >= 4 is 23.4 Å². The number of amides is 1. The number of hydrogen-bond donors (Lipinski definition) is 0. The molecule has 1 amide bonds. The third-order valence-corrected chi connectivity index (χ3v) is 9.16. The number of carbonyl (C=O) groups is 1. The van der Waals surface area contributed by atoms with Crippen LogP contribution >= 0.6 is 0 Å². The summed E-state index contributed by atoms with van der Waals surface area (Å²) < 4.78 is 137. The van der Waals surface area contributed by atoms with E-state index in [1.165, 1.54) is 26.1 Å². The van der Waals surface area contributed by atoms with Crippen molar-refractivity contribution in [2.75, 3.05) is 29.6 Å². The highest BCUT2D eigenvalue weighted by Gasteiger charge is 2.40. The molecular weight excluding hydrogens is 723 g/mol. The second-order valence-corrected chi connectivity index (χ2v) is 12.9. The lowest BCUT2D eigenvalue weighted by Crippen LogP contribution is -2.37. The van der Waals surface area contributed by atoms with Crippen molar-refractivity contribution in [3.8, 4) is 0 Å². The van der Waals surface area contributed by atoms with E-state index in [0.29, 0.717) is 38.2 Å². The first-order valence-electron chi connectivity index (χ1n) is 16.6. The van der Waals surface area contributed by atoms with E-state index in [9.17, 15) is 44.3 Å². The Balaban J connectivity index is 1.50. The summed E-state index contributed by atoms with van der Waals surface area (Å²) in [6, 6.07) is 8.84. The minimum Gasteiger partial charge on any atom is -0.446 e. The number of anilines is 3. The van der Waals surface area contributed by atoms with Gasteiger partial charge in [0.2, 0.25) is 0 Å². The van der Waals surface area contributed by atoms with Crippen molar-refractivity contribution in [3.05, 3.63) is 93.5 Å². The molecule has 3 heterocycles. The molecule has 0 saturated carbocycles. The van der Waals surface area contributed by atoms with Gasteiger partial charge in [-0.05, 0) is 84.0 Å². The molecule has 18 heteroatoms. The topological polar surface area (TPSA) is 85.6 Å². The summed E-state index contributed by atoms with van der Waals surface area (Å²) in [7, 11) is 1.47. The first-order chi connectivity index (χ1) is 24.9. The van der Waals surface area contributed by atoms with Crippen LogP contribution in [0, 0.1) is 6.92 Å². The van der Waals surface area contributed by atoms with Gasteiger partial charge in [-0.25, -0.2) is 4.79 Å². The fourth-order valence-electron chi connectivity index (χ4n) is 6.72. The first kappa shape index (κ1) is 37.9. The van der Waals surface area contributed by atoms with E-state index in [2.05, 4.69) is 15.4 Å². The van der Waals surface area contributed by atoms with Gasteiger partial charge >= 0.3 is 24.6 Å². The quantitative estimate of drug-likeness (QED) is 0.182. The molecular formula is C35H33F9N6O3. The van der Waals surface area contributed by atoms with Gasteiger partial charge in [0.25, 0.3) is 5.95 Å². The predicted octanol–water partition coefficient (Wildman–Crippen LogP) is 8.96. The number of rotatable bonds is 6. The molecule has 9 nitrogen and oxygen atoms in total. The third kappa shape index (κ3) is 8.36. The summed E-state index contributed by atoms with van der Waals surface area (Å²) in [5.74, 6) is -0.0493. The summed E-state index contributed by atoms with van der Waals surface area (Å²) in [5, 5.41) is 12.4. The van der Waals surface area contributed by atoms with Crippen LogP contribution in [-0.4, -0.2) is 52.2 Å². The highest BCUT2D eigenvalue weighted by atomic mass is 19.4. The molecule has 1 aromatic heterocycles. The van der Waals surface area contributed by atoms with Crippen LogP contribution in [0.1, 0.15) is 70.7 Å².